The molecular formula is C67H117N13O15. The maximum absolute atomic E-state index is 15.4. The second-order valence-electron chi connectivity index (χ2n) is 28.4. The van der Waals surface area contributed by atoms with Gasteiger partial charge in [0.25, 0.3) is 0 Å². The number of fused-ring (bicyclic) bond motifs is 1. The van der Waals surface area contributed by atoms with E-state index in [1.807, 2.05) is 41.5 Å². The zero-order valence-electron chi connectivity index (χ0n) is 60.8. The van der Waals surface area contributed by atoms with Gasteiger partial charge in [-0.05, 0) is 95.3 Å². The fraction of sp³-hybridized carbons (Fsp3) is 0.791. The van der Waals surface area contributed by atoms with E-state index in [1.165, 1.54) is 82.7 Å². The third-order valence-electron chi connectivity index (χ3n) is 18.4. The van der Waals surface area contributed by atoms with E-state index in [1.54, 1.807) is 60.6 Å². The zero-order chi connectivity index (χ0) is 72.5. The maximum Gasteiger partial charge on any atom is 0.410 e. The van der Waals surface area contributed by atoms with Gasteiger partial charge in [-0.15, -0.1) is 0 Å². The molecule has 0 spiro atoms. The Labute approximate surface area is 564 Å². The van der Waals surface area contributed by atoms with E-state index in [0.29, 0.717) is 26.2 Å². The molecule has 0 aromatic rings. The van der Waals surface area contributed by atoms with Crippen LogP contribution in [0.1, 0.15) is 149 Å². The first-order valence-electron chi connectivity index (χ1n) is 33.9. The van der Waals surface area contributed by atoms with Crippen LogP contribution in [0.15, 0.2) is 12.2 Å². The van der Waals surface area contributed by atoms with Gasteiger partial charge in [-0.1, -0.05) is 95.2 Å². The first-order valence-corrected chi connectivity index (χ1v) is 33.9. The average molecular weight is 1340 g/mol. The molecule has 0 saturated carbocycles. The highest BCUT2D eigenvalue weighted by Gasteiger charge is 2.50. The number of hydrogen-bond acceptors (Lipinski definition) is 16. The van der Waals surface area contributed by atoms with Gasteiger partial charge in [-0.3, -0.25) is 52.7 Å². The van der Waals surface area contributed by atoms with Gasteiger partial charge in [0.1, 0.15) is 72.6 Å². The van der Waals surface area contributed by atoms with E-state index >= 15 is 28.8 Å². The number of rotatable bonds is 15. The van der Waals surface area contributed by atoms with Crippen molar-refractivity contribution in [2.45, 2.75) is 234 Å². The Kier molecular flexibility index (Phi) is 32.0. The van der Waals surface area contributed by atoms with Gasteiger partial charge in [0, 0.05) is 74.9 Å². The van der Waals surface area contributed by atoms with E-state index < -0.39 is 174 Å². The summed E-state index contributed by atoms with van der Waals surface area (Å²) in [6.07, 6.45) is -1.31. The Hall–Kier alpha value is -6.94. The Morgan fingerprint density at radius 2 is 1.01 bits per heavy atom. The van der Waals surface area contributed by atoms with E-state index in [9.17, 15) is 39.0 Å². The number of aliphatic hydroxyl groups excluding tert-OH is 2. The van der Waals surface area contributed by atoms with E-state index in [2.05, 4.69) is 26.6 Å². The minimum absolute atomic E-state index is 0.0881. The number of carbonyl (C=O) groups excluding carboxylic acids is 12. The van der Waals surface area contributed by atoms with Gasteiger partial charge in [0.15, 0.2) is 0 Å². The highest BCUT2D eigenvalue weighted by molar-refractivity contribution is 6.00. The number of amides is 12. The van der Waals surface area contributed by atoms with Crippen LogP contribution in [0.4, 0.5) is 4.79 Å². The number of nitrogens with one attached hydrogen (secondary N) is 5. The fourth-order valence-corrected chi connectivity index (χ4v) is 12.7. The van der Waals surface area contributed by atoms with Crippen molar-refractivity contribution in [2.75, 3.05) is 75.0 Å². The molecule has 0 aromatic heterocycles. The van der Waals surface area contributed by atoms with Crippen molar-refractivity contribution < 1.29 is 72.5 Å². The van der Waals surface area contributed by atoms with Crippen LogP contribution in [0.2, 0.25) is 0 Å². The molecular weight excluding hydrogens is 1230 g/mol. The number of carbonyl (C=O) groups is 12. The summed E-state index contributed by atoms with van der Waals surface area (Å²) in [7, 11) is 8.20. The summed E-state index contributed by atoms with van der Waals surface area (Å²) in [5.41, 5.74) is 0. The topological polar surface area (TPSA) is 341 Å². The van der Waals surface area contributed by atoms with Crippen LogP contribution in [0.5, 0.6) is 0 Å². The normalized spacial score (nSPS) is 28.7. The molecule has 3 rings (SSSR count). The van der Waals surface area contributed by atoms with Crippen molar-refractivity contribution in [2.24, 2.45) is 35.5 Å². The van der Waals surface area contributed by atoms with Crippen LogP contribution in [0, 0.1) is 35.5 Å². The van der Waals surface area contributed by atoms with Gasteiger partial charge < -0.3 is 80.7 Å². The quantitative estimate of drug-likeness (QED) is 0.113. The molecule has 28 heteroatoms. The predicted octanol–water partition coefficient (Wildman–Crippen LogP) is 1.16. The standard InChI is InChI=1S/C67H117N13O15/c1-23-25-26-41(13)55(82)54-59(86)71-46(24-2)61(88)80-35-45(95-67(94)79-29-27-68-28-30-79)34-50(80)64(91)77(21)53(44(16)81)58(85)72-51(39(9)10)65(92)73(17)47(31-36(3)4)57(84)69-42(14)56(83)70-43(15)60(87)74(18)48(32-37(5)6)62(89)75(19)49(33-38(7)8)63(90)76(20)52(40(11)12)66(93)78(54)22/h23,25,36-55,68,81-82H,24,26-35H2,1-22H3,(H,69,84)(H,70,83)(H,71,86)(H,72,85)/b25-23+/t41-,42+,43-,44-,45?,46+,47+,48+,49+,50-,51+,52+,53?,54+,55-/m1/s1. The van der Waals surface area contributed by atoms with Crippen LogP contribution in [0.25, 0.3) is 0 Å². The lowest BCUT2D eigenvalue weighted by Crippen LogP contribution is -2.64. The summed E-state index contributed by atoms with van der Waals surface area (Å²) in [5.74, 6) is -11.2. The molecule has 3 heterocycles. The minimum atomic E-state index is -1.73. The van der Waals surface area contributed by atoms with E-state index in [4.69, 9.17) is 4.74 Å². The van der Waals surface area contributed by atoms with Crippen LogP contribution >= 0.6 is 0 Å². The molecule has 3 aliphatic heterocycles. The predicted molar refractivity (Wildman–Crippen MR) is 358 cm³/mol. The first-order chi connectivity index (χ1) is 44.2. The summed E-state index contributed by atoms with van der Waals surface area (Å²) >= 11 is 0. The zero-order valence-corrected chi connectivity index (χ0v) is 60.8. The molecule has 2 unspecified atom stereocenters. The smallest absolute Gasteiger partial charge is 0.410 e. The second-order valence-corrected chi connectivity index (χ2v) is 28.4. The molecule has 28 nitrogen and oxygen atoms in total. The van der Waals surface area contributed by atoms with Crippen molar-refractivity contribution in [3.05, 3.63) is 12.2 Å². The number of aliphatic hydroxyl groups is 2. The second kappa shape index (κ2) is 37.0. The fourth-order valence-electron chi connectivity index (χ4n) is 12.7. The Morgan fingerprint density at radius 3 is 1.51 bits per heavy atom. The molecule has 0 aliphatic carbocycles. The van der Waals surface area contributed by atoms with Crippen molar-refractivity contribution in [1.82, 2.24) is 65.8 Å². The number of piperazine rings is 1. The van der Waals surface area contributed by atoms with Crippen molar-refractivity contribution >= 4 is 71.1 Å². The largest absolute Gasteiger partial charge is 0.444 e. The molecule has 0 radical (unpaired) electrons. The minimum Gasteiger partial charge on any atom is -0.444 e. The summed E-state index contributed by atoms with van der Waals surface area (Å²) in [6, 6.07) is -15.3. The molecule has 3 aliphatic rings. The van der Waals surface area contributed by atoms with Crippen molar-refractivity contribution in [3.63, 3.8) is 0 Å². The Morgan fingerprint density at radius 1 is 0.537 bits per heavy atom. The number of allylic oxidation sites excluding steroid dienone is 2. The van der Waals surface area contributed by atoms with Crippen molar-refractivity contribution in [3.8, 4) is 0 Å². The average Bonchev–Trinajstić information content (AvgIpc) is 1.78. The van der Waals surface area contributed by atoms with Crippen LogP contribution in [0.3, 0.4) is 0 Å². The first kappa shape index (κ1) is 82.3. The summed E-state index contributed by atoms with van der Waals surface area (Å²) in [4.78, 5) is 187. The summed E-state index contributed by atoms with van der Waals surface area (Å²) in [6.45, 7) is 28.1. The Balaban J connectivity index is 2.39. The molecule has 0 bridgehead atoms. The molecule has 12 amide bonds. The van der Waals surface area contributed by atoms with E-state index in [-0.39, 0.29) is 62.8 Å². The SMILES string of the molecule is C/C=C/C[C@@H](C)[C@@H](O)[C@H]1C(=O)N[C@@H](CC)C(=O)N2CC(OC(=O)N3CCNCC3)C[C@@H]2C(=O)N(C)C([C@@H](C)O)C(=O)N[C@@H](C(C)C)C(=O)N(C)[C@@H](CC(C)C)C(=O)N[C@@H](C)C(=O)N[C@H](C)C(=O)N(C)[C@@H](CC(C)C)C(=O)N(C)[C@@H](CC(C)C)C(=O)N(C)[C@@H](C(C)C)C(=O)N1C. The third-order valence-corrected chi connectivity index (χ3v) is 18.4. The van der Waals surface area contributed by atoms with Gasteiger partial charge in [-0.2, -0.15) is 0 Å². The number of nitrogens with zero attached hydrogens (tertiary/aromatic N) is 8. The molecule has 15 atom stereocenters. The molecule has 3 saturated heterocycles. The monoisotopic (exact) mass is 1340 g/mol. The molecule has 3 fully saturated rings. The maximum atomic E-state index is 15.4. The van der Waals surface area contributed by atoms with Gasteiger partial charge in [0.2, 0.25) is 65.0 Å². The molecule has 95 heavy (non-hydrogen) atoms. The number of hydrogen-bond donors (Lipinski definition) is 7. The van der Waals surface area contributed by atoms with Crippen LogP contribution in [-0.2, 0) is 57.5 Å². The highest BCUT2D eigenvalue weighted by atomic mass is 16.6. The number of likely N-dealkylation sites (N-methyl/N-ethyl adjacent to an activating group) is 6. The lowest BCUT2D eigenvalue weighted by atomic mass is 9.91. The summed E-state index contributed by atoms with van der Waals surface area (Å²) in [5, 5.41) is 37.7. The van der Waals surface area contributed by atoms with E-state index in [0.717, 1.165) is 19.6 Å². The van der Waals surface area contributed by atoms with Crippen molar-refractivity contribution in [1.29, 1.82) is 0 Å². The Bertz CT molecular complexity index is 2700. The molecule has 0 aromatic carbocycles. The lowest BCUT2D eigenvalue weighted by molar-refractivity contribution is -0.157. The highest BCUT2D eigenvalue weighted by Crippen LogP contribution is 2.29. The molecule has 7 N–H and O–H groups in total. The van der Waals surface area contributed by atoms with Crippen LogP contribution in [-0.4, -0.2) is 280 Å². The number of ether oxygens (including phenoxy) is 1. The van der Waals surface area contributed by atoms with Gasteiger partial charge in [0.05, 0.1) is 18.8 Å². The van der Waals surface area contributed by atoms with Crippen LogP contribution < -0.4 is 26.6 Å². The van der Waals surface area contributed by atoms with Gasteiger partial charge >= 0.3 is 6.09 Å². The summed E-state index contributed by atoms with van der Waals surface area (Å²) < 4.78 is 5.98. The molecule has 540 valence electrons. The lowest BCUT2D eigenvalue weighted by Gasteiger charge is -2.41. The van der Waals surface area contributed by atoms with Gasteiger partial charge in [-0.25, -0.2) is 4.79 Å². The third kappa shape index (κ3) is 21.5.